The van der Waals surface area contributed by atoms with E-state index in [1.54, 1.807) is 14.1 Å². The first kappa shape index (κ1) is 18.7. The van der Waals surface area contributed by atoms with E-state index >= 15 is 0 Å². The van der Waals surface area contributed by atoms with Gasteiger partial charge in [-0.2, -0.15) is 0 Å². The molecule has 1 rings (SSSR count). The molecule has 1 aliphatic heterocycles. The van der Waals surface area contributed by atoms with Crippen molar-refractivity contribution in [3.8, 4) is 0 Å². The van der Waals surface area contributed by atoms with Gasteiger partial charge in [0.15, 0.2) is 5.96 Å². The molecule has 22 heavy (non-hydrogen) atoms. The lowest BCUT2D eigenvalue weighted by atomic mass is 9.92. The largest absolute Gasteiger partial charge is 0.359 e. The van der Waals surface area contributed by atoms with Gasteiger partial charge in [-0.3, -0.25) is 14.7 Å². The third-order valence-corrected chi connectivity index (χ3v) is 4.49. The lowest BCUT2D eigenvalue weighted by Gasteiger charge is -2.31. The van der Waals surface area contributed by atoms with Crippen LogP contribution in [0.25, 0.3) is 0 Å². The molecule has 1 heterocycles. The zero-order valence-electron chi connectivity index (χ0n) is 15.1. The number of hydrogen-bond donors (Lipinski definition) is 2. The molecule has 1 atom stereocenters. The molecule has 0 aromatic carbocycles. The third-order valence-electron chi connectivity index (χ3n) is 4.49. The van der Waals surface area contributed by atoms with Gasteiger partial charge in [-0.1, -0.05) is 6.92 Å². The highest BCUT2D eigenvalue weighted by Gasteiger charge is 2.28. The van der Waals surface area contributed by atoms with Crippen molar-refractivity contribution in [3.05, 3.63) is 0 Å². The summed E-state index contributed by atoms with van der Waals surface area (Å²) in [6.07, 6.45) is 2.53. The number of nitrogens with zero attached hydrogens (tertiary/aromatic N) is 3. The van der Waals surface area contributed by atoms with E-state index in [9.17, 15) is 4.79 Å². The minimum atomic E-state index is -0.464. The molecule has 0 aromatic rings. The lowest BCUT2D eigenvalue weighted by molar-refractivity contribution is -0.128. The number of hydrogen-bond acceptors (Lipinski definition) is 3. The Morgan fingerprint density at radius 2 is 2.14 bits per heavy atom. The standard InChI is InChI=1S/C16H33N5O/c1-7-21-10-8-9-13(21)11-20(6)15(18-5)19-12-16(2,3)14(22)17-4/h13H,7-12H2,1-6H3,(H,17,22)(H,18,19). The average Bonchev–Trinajstić information content (AvgIpc) is 2.93. The van der Waals surface area contributed by atoms with Crippen molar-refractivity contribution in [1.29, 1.82) is 0 Å². The summed E-state index contributed by atoms with van der Waals surface area (Å²) < 4.78 is 0. The molecule has 1 amide bonds. The van der Waals surface area contributed by atoms with Gasteiger partial charge in [-0.15, -0.1) is 0 Å². The van der Waals surface area contributed by atoms with Crippen molar-refractivity contribution < 1.29 is 4.79 Å². The molecule has 0 radical (unpaired) electrons. The Morgan fingerprint density at radius 3 is 2.68 bits per heavy atom. The van der Waals surface area contributed by atoms with Gasteiger partial charge in [0.2, 0.25) is 5.91 Å². The summed E-state index contributed by atoms with van der Waals surface area (Å²) >= 11 is 0. The number of carbonyl (C=O) groups is 1. The van der Waals surface area contributed by atoms with Gasteiger partial charge in [-0.05, 0) is 39.8 Å². The van der Waals surface area contributed by atoms with Crippen molar-refractivity contribution >= 4 is 11.9 Å². The predicted octanol–water partition coefficient (Wildman–Crippen LogP) is 0.750. The van der Waals surface area contributed by atoms with Crippen LogP contribution < -0.4 is 10.6 Å². The molecule has 0 aromatic heterocycles. The SMILES string of the molecule is CCN1CCCC1CN(C)C(=NC)NCC(C)(C)C(=O)NC. The Labute approximate surface area is 135 Å². The molecule has 6 heteroatoms. The first-order valence-corrected chi connectivity index (χ1v) is 8.23. The highest BCUT2D eigenvalue weighted by molar-refractivity contribution is 5.84. The maximum absolute atomic E-state index is 11.9. The van der Waals surface area contributed by atoms with Crippen LogP contribution in [0.3, 0.4) is 0 Å². The number of amides is 1. The van der Waals surface area contributed by atoms with E-state index < -0.39 is 5.41 Å². The van der Waals surface area contributed by atoms with Gasteiger partial charge in [0.1, 0.15) is 0 Å². The van der Waals surface area contributed by atoms with Crippen molar-refractivity contribution in [2.45, 2.75) is 39.7 Å². The molecule has 0 aliphatic carbocycles. The molecular weight excluding hydrogens is 278 g/mol. The summed E-state index contributed by atoms with van der Waals surface area (Å²) in [5, 5.41) is 6.04. The molecular formula is C16H33N5O. The highest BCUT2D eigenvalue weighted by Crippen LogP contribution is 2.17. The van der Waals surface area contributed by atoms with Crippen LogP contribution in [0.1, 0.15) is 33.6 Å². The van der Waals surface area contributed by atoms with E-state index in [4.69, 9.17) is 0 Å². The maximum atomic E-state index is 11.9. The Hall–Kier alpha value is -1.30. The number of rotatable bonds is 6. The lowest BCUT2D eigenvalue weighted by Crippen LogP contribution is -2.50. The van der Waals surface area contributed by atoms with Crippen molar-refractivity contribution in [1.82, 2.24) is 20.4 Å². The third kappa shape index (κ3) is 4.87. The molecule has 0 bridgehead atoms. The Bertz CT molecular complexity index is 394. The topological polar surface area (TPSA) is 60.0 Å². The number of guanidine groups is 1. The van der Waals surface area contributed by atoms with E-state index in [-0.39, 0.29) is 5.91 Å². The van der Waals surface area contributed by atoms with E-state index in [1.807, 2.05) is 13.8 Å². The summed E-state index contributed by atoms with van der Waals surface area (Å²) in [5.74, 6) is 0.881. The van der Waals surface area contributed by atoms with Gasteiger partial charge >= 0.3 is 0 Å². The van der Waals surface area contributed by atoms with Crippen LogP contribution in [0.2, 0.25) is 0 Å². The van der Waals surface area contributed by atoms with Crippen molar-refractivity contribution in [2.75, 3.05) is 47.3 Å². The first-order valence-electron chi connectivity index (χ1n) is 8.23. The van der Waals surface area contributed by atoms with Gasteiger partial charge in [0, 0.05) is 40.3 Å². The van der Waals surface area contributed by atoms with E-state index in [0.717, 1.165) is 19.0 Å². The van der Waals surface area contributed by atoms with Crippen LogP contribution in [0.15, 0.2) is 4.99 Å². The highest BCUT2D eigenvalue weighted by atomic mass is 16.2. The van der Waals surface area contributed by atoms with Crippen molar-refractivity contribution in [3.63, 3.8) is 0 Å². The summed E-state index contributed by atoms with van der Waals surface area (Å²) in [7, 11) is 5.52. The monoisotopic (exact) mass is 311 g/mol. The maximum Gasteiger partial charge on any atom is 0.227 e. The number of likely N-dealkylation sites (tertiary alicyclic amines) is 1. The van der Waals surface area contributed by atoms with Crippen LogP contribution in [0, 0.1) is 5.41 Å². The fourth-order valence-corrected chi connectivity index (χ4v) is 3.02. The second-order valence-electron chi connectivity index (χ2n) is 6.67. The molecule has 6 nitrogen and oxygen atoms in total. The fourth-order valence-electron chi connectivity index (χ4n) is 3.02. The predicted molar refractivity (Wildman–Crippen MR) is 92.1 cm³/mol. The minimum Gasteiger partial charge on any atom is -0.359 e. The zero-order valence-corrected chi connectivity index (χ0v) is 15.1. The number of carbonyl (C=O) groups excluding carboxylic acids is 1. The van der Waals surface area contributed by atoms with Gasteiger partial charge in [0.05, 0.1) is 5.41 Å². The molecule has 1 aliphatic rings. The number of aliphatic imine (C=N–C) groups is 1. The van der Waals surface area contributed by atoms with E-state index in [2.05, 4.69) is 39.4 Å². The van der Waals surface area contributed by atoms with E-state index in [1.165, 1.54) is 19.4 Å². The van der Waals surface area contributed by atoms with Gasteiger partial charge in [-0.25, -0.2) is 0 Å². The van der Waals surface area contributed by atoms with Crippen molar-refractivity contribution in [2.24, 2.45) is 10.4 Å². The molecule has 1 saturated heterocycles. The number of likely N-dealkylation sites (N-methyl/N-ethyl adjacent to an activating group) is 2. The molecule has 1 fully saturated rings. The molecule has 2 N–H and O–H groups in total. The smallest absolute Gasteiger partial charge is 0.227 e. The molecule has 1 unspecified atom stereocenters. The van der Waals surface area contributed by atoms with E-state index in [0.29, 0.717) is 12.6 Å². The summed E-state index contributed by atoms with van der Waals surface area (Å²) in [6, 6.07) is 0.598. The van der Waals surface area contributed by atoms with Crippen LogP contribution in [-0.2, 0) is 4.79 Å². The summed E-state index contributed by atoms with van der Waals surface area (Å²) in [4.78, 5) is 20.9. The fraction of sp³-hybridized carbons (Fsp3) is 0.875. The Morgan fingerprint density at radius 1 is 1.45 bits per heavy atom. The van der Waals surface area contributed by atoms with Crippen LogP contribution in [0.4, 0.5) is 0 Å². The minimum absolute atomic E-state index is 0.0334. The Balaban J connectivity index is 2.55. The second kappa shape index (κ2) is 8.36. The zero-order chi connectivity index (χ0) is 16.8. The number of nitrogens with one attached hydrogen (secondary N) is 2. The first-order chi connectivity index (χ1) is 10.4. The van der Waals surface area contributed by atoms with Gasteiger partial charge in [0.25, 0.3) is 0 Å². The summed E-state index contributed by atoms with van der Waals surface area (Å²) in [6.45, 7) is 9.92. The molecule has 128 valence electrons. The average molecular weight is 311 g/mol. The molecule has 0 spiro atoms. The summed E-state index contributed by atoms with van der Waals surface area (Å²) in [5.41, 5.74) is -0.464. The van der Waals surface area contributed by atoms with Crippen LogP contribution >= 0.6 is 0 Å². The normalized spacial score (nSPS) is 20.1. The quantitative estimate of drug-likeness (QED) is 0.561. The Kier molecular flexibility index (Phi) is 7.13. The second-order valence-corrected chi connectivity index (χ2v) is 6.67. The van der Waals surface area contributed by atoms with Gasteiger partial charge < -0.3 is 15.5 Å². The molecule has 0 saturated carbocycles. The van der Waals surface area contributed by atoms with Crippen LogP contribution in [-0.4, -0.2) is 75.0 Å². The van der Waals surface area contributed by atoms with Crippen LogP contribution in [0.5, 0.6) is 0 Å².